The number of rotatable bonds is 2. The highest BCUT2D eigenvalue weighted by Crippen LogP contribution is 2.00. The molecule has 0 unspecified atom stereocenters. The first-order valence-electron chi connectivity index (χ1n) is 2.74. The third-order valence-electron chi connectivity index (χ3n) is 1.05. The van der Waals surface area contributed by atoms with E-state index in [1.165, 1.54) is 6.92 Å². The van der Waals surface area contributed by atoms with Crippen LogP contribution >= 0.6 is 0 Å². The van der Waals surface area contributed by atoms with Gasteiger partial charge in [-0.2, -0.15) is 0 Å². The Kier molecular flexibility index (Phi) is 2.69. The first-order chi connectivity index (χ1) is 3.55. The van der Waals surface area contributed by atoms with Gasteiger partial charge in [0.1, 0.15) is 6.10 Å². The van der Waals surface area contributed by atoms with Crippen molar-refractivity contribution in [2.45, 2.75) is 26.9 Å². The Bertz CT molecular complexity index is 86.5. The van der Waals surface area contributed by atoms with Crippen LogP contribution in [-0.4, -0.2) is 17.0 Å². The van der Waals surface area contributed by atoms with Gasteiger partial charge in [0.05, 0.1) is 0 Å². The summed E-state index contributed by atoms with van der Waals surface area (Å²) in [5.74, 6) is -0.104. The fourth-order valence-electron chi connectivity index (χ4n) is 0.469. The number of aliphatic hydroxyl groups excluding tert-OH is 1. The average Bonchev–Trinajstić information content (AvgIpc) is 1.64. The van der Waals surface area contributed by atoms with Gasteiger partial charge in [0.2, 0.25) is 0 Å². The first-order valence-corrected chi connectivity index (χ1v) is 2.74. The van der Waals surface area contributed by atoms with Gasteiger partial charge in [-0.3, -0.25) is 4.79 Å². The molecule has 48 valence electrons. The van der Waals surface area contributed by atoms with Crippen LogP contribution in [0.15, 0.2) is 0 Å². The number of Topliss-reactive ketones (excluding diaryl/α,β-unsaturated/α-hetero) is 1. The summed E-state index contributed by atoms with van der Waals surface area (Å²) >= 11 is 0. The van der Waals surface area contributed by atoms with Crippen molar-refractivity contribution in [3.63, 3.8) is 0 Å². The van der Waals surface area contributed by atoms with Gasteiger partial charge >= 0.3 is 0 Å². The van der Waals surface area contributed by atoms with E-state index in [-0.39, 0.29) is 11.7 Å². The van der Waals surface area contributed by atoms with Crippen molar-refractivity contribution in [1.29, 1.82) is 0 Å². The molecule has 0 aliphatic carbocycles. The van der Waals surface area contributed by atoms with Crippen LogP contribution in [0.5, 0.6) is 0 Å². The Balaban J connectivity index is 3.64. The lowest BCUT2D eigenvalue weighted by Gasteiger charge is -2.08. The molecule has 0 radical (unpaired) electrons. The number of carbonyl (C=O) groups is 1. The maximum Gasteiger partial charge on any atom is 0.158 e. The SMILES string of the molecule is CC(=O)[C@@H](O)C(C)C. The molecule has 0 rings (SSSR count). The molecule has 0 bridgehead atoms. The van der Waals surface area contributed by atoms with E-state index in [4.69, 9.17) is 5.11 Å². The molecule has 2 heteroatoms. The van der Waals surface area contributed by atoms with Crippen LogP contribution in [0.4, 0.5) is 0 Å². The zero-order chi connectivity index (χ0) is 6.73. The largest absolute Gasteiger partial charge is 0.385 e. The number of ketones is 1. The fourth-order valence-corrected chi connectivity index (χ4v) is 0.469. The molecule has 0 spiro atoms. The smallest absolute Gasteiger partial charge is 0.158 e. The highest BCUT2D eigenvalue weighted by atomic mass is 16.3. The van der Waals surface area contributed by atoms with E-state index in [9.17, 15) is 4.79 Å². The first kappa shape index (κ1) is 7.63. The van der Waals surface area contributed by atoms with Crippen molar-refractivity contribution >= 4 is 5.78 Å². The van der Waals surface area contributed by atoms with Gasteiger partial charge in [0.25, 0.3) is 0 Å². The van der Waals surface area contributed by atoms with E-state index in [2.05, 4.69) is 0 Å². The Labute approximate surface area is 49.5 Å². The summed E-state index contributed by atoms with van der Waals surface area (Å²) in [5, 5.41) is 8.85. The van der Waals surface area contributed by atoms with Crippen molar-refractivity contribution in [1.82, 2.24) is 0 Å². The van der Waals surface area contributed by atoms with Crippen molar-refractivity contribution in [3.05, 3.63) is 0 Å². The second-order valence-electron chi connectivity index (χ2n) is 2.30. The van der Waals surface area contributed by atoms with Crippen molar-refractivity contribution in [2.75, 3.05) is 0 Å². The van der Waals surface area contributed by atoms with Crippen LogP contribution in [0.3, 0.4) is 0 Å². The molecule has 0 saturated carbocycles. The second kappa shape index (κ2) is 2.82. The van der Waals surface area contributed by atoms with Crippen LogP contribution < -0.4 is 0 Å². The number of aliphatic hydroxyl groups is 1. The zero-order valence-electron chi connectivity index (χ0n) is 5.51. The predicted molar refractivity (Wildman–Crippen MR) is 31.5 cm³/mol. The molecule has 0 aliphatic heterocycles. The summed E-state index contributed by atoms with van der Waals surface area (Å²) in [7, 11) is 0. The maximum absolute atomic E-state index is 10.3. The molecule has 1 N–H and O–H groups in total. The third-order valence-corrected chi connectivity index (χ3v) is 1.05. The molecule has 0 aromatic heterocycles. The summed E-state index contributed by atoms with van der Waals surface area (Å²) in [5.41, 5.74) is 0. The van der Waals surface area contributed by atoms with Crippen molar-refractivity contribution in [2.24, 2.45) is 5.92 Å². The lowest BCUT2D eigenvalue weighted by atomic mass is 10.1. The average molecular weight is 116 g/mol. The molecule has 0 aliphatic rings. The van der Waals surface area contributed by atoms with Gasteiger partial charge in [-0.25, -0.2) is 0 Å². The lowest BCUT2D eigenvalue weighted by molar-refractivity contribution is -0.126. The van der Waals surface area contributed by atoms with Gasteiger partial charge in [0.15, 0.2) is 5.78 Å². The summed E-state index contributed by atoms with van der Waals surface area (Å²) in [6, 6.07) is 0. The molecule has 0 heterocycles. The van der Waals surface area contributed by atoms with Gasteiger partial charge in [0, 0.05) is 0 Å². The van der Waals surface area contributed by atoms with Gasteiger partial charge in [-0.05, 0) is 12.8 Å². The molecular formula is C6H12O2. The second-order valence-corrected chi connectivity index (χ2v) is 2.30. The Morgan fingerprint density at radius 3 is 1.88 bits per heavy atom. The number of hydrogen-bond donors (Lipinski definition) is 1. The molecular weight excluding hydrogens is 104 g/mol. The molecule has 2 nitrogen and oxygen atoms in total. The molecule has 0 aromatic carbocycles. The summed E-state index contributed by atoms with van der Waals surface area (Å²) in [4.78, 5) is 10.3. The van der Waals surface area contributed by atoms with Crippen LogP contribution in [-0.2, 0) is 4.79 Å². The topological polar surface area (TPSA) is 37.3 Å². The minimum absolute atomic E-state index is 0.0486. The third kappa shape index (κ3) is 2.07. The molecule has 1 atom stereocenters. The minimum Gasteiger partial charge on any atom is -0.385 e. The van der Waals surface area contributed by atoms with Crippen molar-refractivity contribution < 1.29 is 9.90 Å². The Morgan fingerprint density at radius 1 is 1.50 bits per heavy atom. The normalized spacial score (nSPS) is 14.1. The fraction of sp³-hybridized carbons (Fsp3) is 0.833. The standard InChI is InChI=1S/C6H12O2/c1-4(2)6(8)5(3)7/h4,6,8H,1-3H3/t6-/m0/s1. The summed E-state index contributed by atoms with van der Waals surface area (Å²) in [6.45, 7) is 5.02. The van der Waals surface area contributed by atoms with E-state index >= 15 is 0 Å². The highest BCUT2D eigenvalue weighted by molar-refractivity contribution is 5.80. The molecule has 0 aromatic rings. The highest BCUT2D eigenvalue weighted by Gasteiger charge is 2.12. The van der Waals surface area contributed by atoms with Gasteiger partial charge in [-0.1, -0.05) is 13.8 Å². The predicted octanol–water partition coefficient (Wildman–Crippen LogP) is 0.592. The zero-order valence-corrected chi connectivity index (χ0v) is 5.51. The number of hydrogen-bond acceptors (Lipinski definition) is 2. The van der Waals surface area contributed by atoms with E-state index < -0.39 is 6.10 Å². The molecule has 0 amide bonds. The minimum atomic E-state index is -0.769. The van der Waals surface area contributed by atoms with E-state index in [1.807, 2.05) is 13.8 Å². The van der Waals surface area contributed by atoms with E-state index in [0.29, 0.717) is 0 Å². The van der Waals surface area contributed by atoms with Gasteiger partial charge in [-0.15, -0.1) is 0 Å². The summed E-state index contributed by atoms with van der Waals surface area (Å²) < 4.78 is 0. The maximum atomic E-state index is 10.3. The number of carbonyl (C=O) groups excluding carboxylic acids is 1. The van der Waals surface area contributed by atoms with Crippen LogP contribution in [0.25, 0.3) is 0 Å². The Hall–Kier alpha value is -0.370. The van der Waals surface area contributed by atoms with Crippen LogP contribution in [0, 0.1) is 5.92 Å². The van der Waals surface area contributed by atoms with Crippen LogP contribution in [0.1, 0.15) is 20.8 Å². The van der Waals surface area contributed by atoms with Gasteiger partial charge < -0.3 is 5.11 Å². The molecule has 0 fully saturated rings. The van der Waals surface area contributed by atoms with E-state index in [0.717, 1.165) is 0 Å². The monoisotopic (exact) mass is 116 g/mol. The van der Waals surface area contributed by atoms with Crippen LogP contribution in [0.2, 0.25) is 0 Å². The summed E-state index contributed by atoms with van der Waals surface area (Å²) in [6.07, 6.45) is -0.769. The van der Waals surface area contributed by atoms with E-state index in [1.54, 1.807) is 0 Å². The van der Waals surface area contributed by atoms with Crippen molar-refractivity contribution in [3.8, 4) is 0 Å². The quantitative estimate of drug-likeness (QED) is 0.573. The molecule has 8 heavy (non-hydrogen) atoms. The Morgan fingerprint density at radius 2 is 1.88 bits per heavy atom. The molecule has 0 saturated heterocycles. The lowest BCUT2D eigenvalue weighted by Crippen LogP contribution is -2.22.